The number of anilines is 1. The van der Waals surface area contributed by atoms with Crippen molar-refractivity contribution in [2.75, 3.05) is 5.32 Å². The molecule has 1 fully saturated rings. The molecule has 1 saturated carbocycles. The average molecular weight is 395 g/mol. The highest BCUT2D eigenvalue weighted by molar-refractivity contribution is 6.04. The fourth-order valence-electron chi connectivity index (χ4n) is 3.69. The van der Waals surface area contributed by atoms with Crippen LogP contribution in [0.5, 0.6) is 5.75 Å². The molecule has 2 N–H and O–H groups in total. The maximum absolute atomic E-state index is 12.8. The average Bonchev–Trinajstić information content (AvgIpc) is 2.75. The van der Waals surface area contributed by atoms with Gasteiger partial charge in [0.05, 0.1) is 11.3 Å². The van der Waals surface area contributed by atoms with E-state index in [0.29, 0.717) is 17.0 Å². The summed E-state index contributed by atoms with van der Waals surface area (Å²) in [5.74, 6) is 0.285. The van der Waals surface area contributed by atoms with E-state index in [1.54, 1.807) is 19.1 Å². The molecule has 29 heavy (non-hydrogen) atoms. The zero-order valence-electron chi connectivity index (χ0n) is 17.2. The number of benzene rings is 2. The van der Waals surface area contributed by atoms with E-state index in [-0.39, 0.29) is 17.9 Å². The quantitative estimate of drug-likeness (QED) is 0.714. The van der Waals surface area contributed by atoms with Crippen molar-refractivity contribution in [3.05, 3.63) is 59.7 Å². The molecule has 0 spiro atoms. The highest BCUT2D eigenvalue weighted by Crippen LogP contribution is 2.22. The molecule has 0 bridgehead atoms. The minimum absolute atomic E-state index is 0.141. The maximum atomic E-state index is 12.8. The SMILES string of the molecule is CCc1ccccc1O[C@@H](C)C(=O)Nc1ccccc1C(=O)NC1CCCCC1. The number of amides is 2. The van der Waals surface area contributed by atoms with Gasteiger partial charge in [0, 0.05) is 6.04 Å². The molecule has 0 aromatic heterocycles. The van der Waals surface area contributed by atoms with Gasteiger partial charge < -0.3 is 15.4 Å². The minimum Gasteiger partial charge on any atom is -0.481 e. The normalized spacial score (nSPS) is 15.4. The molecule has 1 aliphatic rings. The molecule has 5 nitrogen and oxygen atoms in total. The zero-order chi connectivity index (χ0) is 20.6. The van der Waals surface area contributed by atoms with E-state index >= 15 is 0 Å². The predicted molar refractivity (Wildman–Crippen MR) is 115 cm³/mol. The van der Waals surface area contributed by atoms with Gasteiger partial charge in [-0.3, -0.25) is 9.59 Å². The third-order valence-corrected chi connectivity index (χ3v) is 5.40. The first-order valence-electron chi connectivity index (χ1n) is 10.5. The lowest BCUT2D eigenvalue weighted by Crippen LogP contribution is -2.37. The molecule has 5 heteroatoms. The molecule has 1 aliphatic carbocycles. The van der Waals surface area contributed by atoms with Gasteiger partial charge in [-0.2, -0.15) is 0 Å². The van der Waals surface area contributed by atoms with E-state index in [0.717, 1.165) is 37.7 Å². The fourth-order valence-corrected chi connectivity index (χ4v) is 3.69. The highest BCUT2D eigenvalue weighted by Gasteiger charge is 2.21. The molecule has 0 radical (unpaired) electrons. The second-order valence-electron chi connectivity index (χ2n) is 7.56. The Kier molecular flexibility index (Phi) is 7.28. The van der Waals surface area contributed by atoms with Crippen LogP contribution >= 0.6 is 0 Å². The number of carbonyl (C=O) groups is 2. The van der Waals surface area contributed by atoms with E-state index in [9.17, 15) is 9.59 Å². The summed E-state index contributed by atoms with van der Waals surface area (Å²) in [6.07, 6.45) is 5.71. The molecular weight excluding hydrogens is 364 g/mol. The summed E-state index contributed by atoms with van der Waals surface area (Å²) in [5.41, 5.74) is 2.04. The summed E-state index contributed by atoms with van der Waals surface area (Å²) >= 11 is 0. The number of carbonyl (C=O) groups excluding carboxylic acids is 2. The molecule has 2 aromatic carbocycles. The van der Waals surface area contributed by atoms with Crippen LogP contribution in [0.25, 0.3) is 0 Å². The van der Waals surface area contributed by atoms with Crippen LogP contribution in [0.15, 0.2) is 48.5 Å². The van der Waals surface area contributed by atoms with Gasteiger partial charge in [0.25, 0.3) is 11.8 Å². The Morgan fingerprint density at radius 3 is 2.48 bits per heavy atom. The van der Waals surface area contributed by atoms with Crippen molar-refractivity contribution < 1.29 is 14.3 Å². The number of hydrogen-bond donors (Lipinski definition) is 2. The fraction of sp³-hybridized carbons (Fsp3) is 0.417. The summed E-state index contributed by atoms with van der Waals surface area (Å²) in [6, 6.07) is 15.0. The van der Waals surface area contributed by atoms with Crippen molar-refractivity contribution in [3.8, 4) is 5.75 Å². The molecule has 0 saturated heterocycles. The standard InChI is InChI=1S/C24H30N2O3/c1-3-18-11-7-10-16-22(18)29-17(2)23(27)26-21-15-9-8-14-20(21)24(28)25-19-12-5-4-6-13-19/h7-11,14-17,19H,3-6,12-13H2,1-2H3,(H,25,28)(H,26,27)/t17-/m0/s1. The van der Waals surface area contributed by atoms with Crippen LogP contribution < -0.4 is 15.4 Å². The van der Waals surface area contributed by atoms with Crippen LogP contribution in [0, 0.1) is 0 Å². The van der Waals surface area contributed by atoms with Crippen LogP contribution in [0.3, 0.4) is 0 Å². The number of para-hydroxylation sites is 2. The molecule has 0 aliphatic heterocycles. The number of aryl methyl sites for hydroxylation is 1. The summed E-state index contributed by atoms with van der Waals surface area (Å²) in [5, 5.41) is 5.97. The third kappa shape index (κ3) is 5.59. The number of nitrogens with one attached hydrogen (secondary N) is 2. The van der Waals surface area contributed by atoms with E-state index < -0.39 is 6.10 Å². The van der Waals surface area contributed by atoms with Crippen molar-refractivity contribution in [1.82, 2.24) is 5.32 Å². The molecule has 2 aromatic rings. The summed E-state index contributed by atoms with van der Waals surface area (Å²) in [4.78, 5) is 25.5. The van der Waals surface area contributed by atoms with Crippen LogP contribution in [0.1, 0.15) is 61.9 Å². The third-order valence-electron chi connectivity index (χ3n) is 5.40. The van der Waals surface area contributed by atoms with Crippen molar-refractivity contribution >= 4 is 17.5 Å². The zero-order valence-corrected chi connectivity index (χ0v) is 17.2. The van der Waals surface area contributed by atoms with Gasteiger partial charge in [-0.05, 0) is 49.9 Å². The first-order chi connectivity index (χ1) is 14.1. The summed E-state index contributed by atoms with van der Waals surface area (Å²) in [6.45, 7) is 3.76. The smallest absolute Gasteiger partial charge is 0.265 e. The lowest BCUT2D eigenvalue weighted by molar-refractivity contribution is -0.122. The lowest BCUT2D eigenvalue weighted by atomic mass is 9.95. The van der Waals surface area contributed by atoms with Crippen molar-refractivity contribution in [2.24, 2.45) is 0 Å². The predicted octanol–water partition coefficient (Wildman–Crippen LogP) is 4.72. The molecule has 3 rings (SSSR count). The van der Waals surface area contributed by atoms with Crippen molar-refractivity contribution in [3.63, 3.8) is 0 Å². The topological polar surface area (TPSA) is 67.4 Å². The van der Waals surface area contributed by atoms with E-state index in [4.69, 9.17) is 4.74 Å². The molecule has 2 amide bonds. The molecular formula is C24H30N2O3. The van der Waals surface area contributed by atoms with E-state index in [1.165, 1.54) is 6.42 Å². The largest absolute Gasteiger partial charge is 0.481 e. The van der Waals surface area contributed by atoms with Gasteiger partial charge in [-0.15, -0.1) is 0 Å². The minimum atomic E-state index is -0.683. The van der Waals surface area contributed by atoms with E-state index in [1.807, 2.05) is 43.3 Å². The Morgan fingerprint density at radius 1 is 1.03 bits per heavy atom. The van der Waals surface area contributed by atoms with Gasteiger partial charge in [0.1, 0.15) is 5.75 Å². The van der Waals surface area contributed by atoms with Crippen LogP contribution in [0.2, 0.25) is 0 Å². The maximum Gasteiger partial charge on any atom is 0.265 e. The Balaban J connectivity index is 1.66. The number of hydrogen-bond acceptors (Lipinski definition) is 3. The Bertz CT molecular complexity index is 844. The number of rotatable bonds is 7. The lowest BCUT2D eigenvalue weighted by Gasteiger charge is -2.23. The van der Waals surface area contributed by atoms with Gasteiger partial charge in [-0.1, -0.05) is 56.5 Å². The Labute approximate surface area is 172 Å². The van der Waals surface area contributed by atoms with E-state index in [2.05, 4.69) is 10.6 Å². The summed E-state index contributed by atoms with van der Waals surface area (Å²) in [7, 11) is 0. The molecule has 0 heterocycles. The van der Waals surface area contributed by atoms with Crippen LogP contribution in [0.4, 0.5) is 5.69 Å². The Morgan fingerprint density at radius 2 is 1.72 bits per heavy atom. The second kappa shape index (κ2) is 10.1. The van der Waals surface area contributed by atoms with Gasteiger partial charge in [0.15, 0.2) is 6.10 Å². The first kappa shape index (κ1) is 20.9. The first-order valence-corrected chi connectivity index (χ1v) is 10.5. The van der Waals surface area contributed by atoms with Crippen molar-refractivity contribution in [1.29, 1.82) is 0 Å². The molecule has 0 unspecified atom stereocenters. The van der Waals surface area contributed by atoms with Gasteiger partial charge in [0.2, 0.25) is 0 Å². The summed E-state index contributed by atoms with van der Waals surface area (Å²) < 4.78 is 5.88. The van der Waals surface area contributed by atoms with Crippen LogP contribution in [-0.4, -0.2) is 24.0 Å². The van der Waals surface area contributed by atoms with Crippen molar-refractivity contribution in [2.45, 2.75) is 64.5 Å². The Hall–Kier alpha value is -2.82. The van der Waals surface area contributed by atoms with Gasteiger partial charge in [-0.25, -0.2) is 0 Å². The molecule has 154 valence electrons. The number of ether oxygens (including phenoxy) is 1. The monoisotopic (exact) mass is 394 g/mol. The van der Waals surface area contributed by atoms with Gasteiger partial charge >= 0.3 is 0 Å². The highest BCUT2D eigenvalue weighted by atomic mass is 16.5. The van der Waals surface area contributed by atoms with Crippen LogP contribution in [-0.2, 0) is 11.2 Å². The molecule has 1 atom stereocenters. The second-order valence-corrected chi connectivity index (χ2v) is 7.56.